The van der Waals surface area contributed by atoms with Gasteiger partial charge in [0.05, 0.1) is 0 Å². The predicted octanol–water partition coefficient (Wildman–Crippen LogP) is 2.02. The Bertz CT molecular complexity index is 578. The minimum Gasteiger partial charge on any atom is -0.369 e. The lowest BCUT2D eigenvalue weighted by Gasteiger charge is -2.34. The highest BCUT2D eigenvalue weighted by Crippen LogP contribution is 2.19. The van der Waals surface area contributed by atoms with Crippen molar-refractivity contribution in [1.82, 2.24) is 9.80 Å². The van der Waals surface area contributed by atoms with Crippen molar-refractivity contribution in [3.63, 3.8) is 0 Å². The lowest BCUT2D eigenvalue weighted by Crippen LogP contribution is -2.44. The van der Waals surface area contributed by atoms with Gasteiger partial charge in [-0.05, 0) is 45.2 Å². The molecule has 0 radical (unpaired) electrons. The van der Waals surface area contributed by atoms with Gasteiger partial charge in [-0.1, -0.05) is 0 Å². The first kappa shape index (κ1) is 19.2. The van der Waals surface area contributed by atoms with Crippen LogP contribution in [0.4, 0.5) is 11.4 Å². The first-order chi connectivity index (χ1) is 11.9. The van der Waals surface area contributed by atoms with Crippen LogP contribution in [0.1, 0.15) is 27.2 Å². The van der Waals surface area contributed by atoms with Crippen LogP contribution in [-0.4, -0.2) is 67.4 Å². The molecule has 2 amide bonds. The smallest absolute Gasteiger partial charge is 0.226 e. The first-order valence-electron chi connectivity index (χ1n) is 8.97. The monoisotopic (exact) mass is 346 g/mol. The predicted molar refractivity (Wildman–Crippen MR) is 102 cm³/mol. The second kappa shape index (κ2) is 8.85. The molecule has 6 heteroatoms. The topological polar surface area (TPSA) is 55.9 Å². The van der Waals surface area contributed by atoms with Crippen molar-refractivity contribution >= 4 is 23.2 Å². The summed E-state index contributed by atoms with van der Waals surface area (Å²) in [5.41, 5.74) is 1.98. The summed E-state index contributed by atoms with van der Waals surface area (Å²) in [6.07, 6.45) is 0.304. The van der Waals surface area contributed by atoms with Crippen molar-refractivity contribution in [3.05, 3.63) is 24.3 Å². The number of likely N-dealkylation sites (N-methyl/N-ethyl adjacent to an activating group) is 1. The SMILES string of the molecule is CC(=O)N(CCC(=O)Nc1ccc(N2CCN(C)CC2)cc1)C(C)C. The second-order valence-corrected chi connectivity index (χ2v) is 6.94. The summed E-state index contributed by atoms with van der Waals surface area (Å²) < 4.78 is 0. The molecule has 1 aromatic rings. The molecule has 1 aliphatic heterocycles. The average Bonchev–Trinajstić information content (AvgIpc) is 2.56. The Labute approximate surface area is 150 Å². The highest BCUT2D eigenvalue weighted by molar-refractivity contribution is 5.91. The third-order valence-electron chi connectivity index (χ3n) is 4.63. The standard InChI is InChI=1S/C19H30N4O2/c1-15(2)23(16(3)24)10-9-19(25)20-17-5-7-18(8-6-17)22-13-11-21(4)12-14-22/h5-8,15H,9-14H2,1-4H3,(H,20,25). The van der Waals surface area contributed by atoms with Crippen LogP contribution in [0.2, 0.25) is 0 Å². The Kier molecular flexibility index (Phi) is 6.82. The van der Waals surface area contributed by atoms with Gasteiger partial charge in [-0.2, -0.15) is 0 Å². The third-order valence-corrected chi connectivity index (χ3v) is 4.63. The molecule has 1 saturated heterocycles. The largest absolute Gasteiger partial charge is 0.369 e. The van der Waals surface area contributed by atoms with Crippen LogP contribution >= 0.6 is 0 Å². The summed E-state index contributed by atoms with van der Waals surface area (Å²) >= 11 is 0. The number of carbonyl (C=O) groups excluding carboxylic acids is 2. The maximum absolute atomic E-state index is 12.1. The van der Waals surface area contributed by atoms with E-state index in [-0.39, 0.29) is 17.9 Å². The summed E-state index contributed by atoms with van der Waals surface area (Å²) in [7, 11) is 2.14. The van der Waals surface area contributed by atoms with Gasteiger partial charge in [0, 0.05) is 63.5 Å². The quantitative estimate of drug-likeness (QED) is 0.856. The zero-order valence-corrected chi connectivity index (χ0v) is 15.8. The summed E-state index contributed by atoms with van der Waals surface area (Å²) in [5.74, 6) is -0.0708. The van der Waals surface area contributed by atoms with Crippen LogP contribution in [-0.2, 0) is 9.59 Å². The van der Waals surface area contributed by atoms with Gasteiger partial charge in [-0.15, -0.1) is 0 Å². The van der Waals surface area contributed by atoms with Crippen molar-refractivity contribution in [2.45, 2.75) is 33.2 Å². The zero-order chi connectivity index (χ0) is 18.4. The molecule has 0 atom stereocenters. The maximum atomic E-state index is 12.1. The molecular formula is C19H30N4O2. The van der Waals surface area contributed by atoms with E-state index in [9.17, 15) is 9.59 Å². The molecule has 138 valence electrons. The van der Waals surface area contributed by atoms with E-state index in [1.807, 2.05) is 26.0 Å². The van der Waals surface area contributed by atoms with Crippen LogP contribution in [0.3, 0.4) is 0 Å². The fourth-order valence-electron chi connectivity index (χ4n) is 3.04. The molecule has 0 spiro atoms. The first-order valence-corrected chi connectivity index (χ1v) is 8.97. The lowest BCUT2D eigenvalue weighted by atomic mass is 10.2. The van der Waals surface area contributed by atoms with Gasteiger partial charge in [0.2, 0.25) is 11.8 Å². The van der Waals surface area contributed by atoms with Gasteiger partial charge in [-0.25, -0.2) is 0 Å². The van der Waals surface area contributed by atoms with E-state index in [1.54, 1.807) is 4.90 Å². The summed E-state index contributed by atoms with van der Waals surface area (Å²) in [6, 6.07) is 8.09. The molecule has 25 heavy (non-hydrogen) atoms. The lowest BCUT2D eigenvalue weighted by molar-refractivity contribution is -0.130. The zero-order valence-electron chi connectivity index (χ0n) is 15.8. The molecule has 0 saturated carbocycles. The van der Waals surface area contributed by atoms with E-state index in [2.05, 4.69) is 34.3 Å². The fourth-order valence-corrected chi connectivity index (χ4v) is 3.04. The number of carbonyl (C=O) groups is 2. The normalized spacial score (nSPS) is 15.3. The molecule has 1 heterocycles. The van der Waals surface area contributed by atoms with E-state index in [4.69, 9.17) is 0 Å². The van der Waals surface area contributed by atoms with E-state index in [0.29, 0.717) is 13.0 Å². The van der Waals surface area contributed by atoms with Crippen LogP contribution in [0.15, 0.2) is 24.3 Å². The molecule has 1 N–H and O–H groups in total. The van der Waals surface area contributed by atoms with Gasteiger partial charge < -0.3 is 20.0 Å². The third kappa shape index (κ3) is 5.74. The van der Waals surface area contributed by atoms with E-state index < -0.39 is 0 Å². The minimum absolute atomic E-state index is 0.000621. The Balaban J connectivity index is 1.84. The number of amides is 2. The molecule has 0 unspecified atom stereocenters. The van der Waals surface area contributed by atoms with E-state index in [1.165, 1.54) is 12.6 Å². The van der Waals surface area contributed by atoms with Crippen molar-refractivity contribution in [2.75, 3.05) is 50.0 Å². The number of nitrogens with one attached hydrogen (secondary N) is 1. The number of benzene rings is 1. The Morgan fingerprint density at radius 2 is 1.72 bits per heavy atom. The van der Waals surface area contributed by atoms with Gasteiger partial charge in [0.25, 0.3) is 0 Å². The molecule has 1 fully saturated rings. The van der Waals surface area contributed by atoms with Gasteiger partial charge in [-0.3, -0.25) is 9.59 Å². The molecule has 1 aromatic carbocycles. The number of piperazine rings is 1. The highest BCUT2D eigenvalue weighted by Gasteiger charge is 2.15. The molecule has 0 bridgehead atoms. The van der Waals surface area contributed by atoms with Crippen molar-refractivity contribution in [1.29, 1.82) is 0 Å². The van der Waals surface area contributed by atoms with Crippen molar-refractivity contribution < 1.29 is 9.59 Å². The number of anilines is 2. The van der Waals surface area contributed by atoms with Crippen molar-refractivity contribution in [2.24, 2.45) is 0 Å². The average molecular weight is 346 g/mol. The van der Waals surface area contributed by atoms with Crippen LogP contribution in [0, 0.1) is 0 Å². The van der Waals surface area contributed by atoms with Gasteiger partial charge in [0.1, 0.15) is 0 Å². The van der Waals surface area contributed by atoms with Gasteiger partial charge in [0.15, 0.2) is 0 Å². The number of rotatable bonds is 6. The summed E-state index contributed by atoms with van der Waals surface area (Å²) in [4.78, 5) is 30.1. The molecule has 6 nitrogen and oxygen atoms in total. The Hall–Kier alpha value is -2.08. The summed E-state index contributed by atoms with van der Waals surface area (Å²) in [6.45, 7) is 10.1. The Morgan fingerprint density at radius 1 is 1.12 bits per heavy atom. The molecule has 0 aromatic heterocycles. The highest BCUT2D eigenvalue weighted by atomic mass is 16.2. The molecular weight excluding hydrogens is 316 g/mol. The molecule has 0 aliphatic carbocycles. The van der Waals surface area contributed by atoms with Gasteiger partial charge >= 0.3 is 0 Å². The van der Waals surface area contributed by atoms with Crippen LogP contribution in [0.5, 0.6) is 0 Å². The van der Waals surface area contributed by atoms with Crippen LogP contribution < -0.4 is 10.2 Å². The molecule has 1 aliphatic rings. The van der Waals surface area contributed by atoms with Crippen molar-refractivity contribution in [3.8, 4) is 0 Å². The number of nitrogens with zero attached hydrogens (tertiary/aromatic N) is 3. The minimum atomic E-state index is -0.0701. The number of hydrogen-bond acceptors (Lipinski definition) is 4. The molecule has 2 rings (SSSR count). The fraction of sp³-hybridized carbons (Fsp3) is 0.579. The van der Waals surface area contributed by atoms with Crippen LogP contribution in [0.25, 0.3) is 0 Å². The number of hydrogen-bond donors (Lipinski definition) is 1. The van der Waals surface area contributed by atoms with E-state index >= 15 is 0 Å². The summed E-state index contributed by atoms with van der Waals surface area (Å²) in [5, 5.41) is 2.91. The maximum Gasteiger partial charge on any atom is 0.226 e. The Morgan fingerprint density at radius 3 is 2.24 bits per heavy atom. The second-order valence-electron chi connectivity index (χ2n) is 6.94. The van der Waals surface area contributed by atoms with E-state index in [0.717, 1.165) is 31.9 Å².